The number of rotatable bonds is 2. The van der Waals surface area contributed by atoms with Gasteiger partial charge < -0.3 is 4.90 Å². The summed E-state index contributed by atoms with van der Waals surface area (Å²) in [6.45, 7) is 6.75. The van der Waals surface area contributed by atoms with Crippen molar-refractivity contribution in [3.8, 4) is 12.3 Å². The van der Waals surface area contributed by atoms with E-state index in [1.165, 1.54) is 11.3 Å². The minimum atomic E-state index is -0.308. The van der Waals surface area contributed by atoms with Crippen LogP contribution in [-0.2, 0) is 4.79 Å². The van der Waals surface area contributed by atoms with Crippen molar-refractivity contribution in [1.29, 1.82) is 0 Å². The minimum Gasteiger partial charge on any atom is -0.369 e. The molecule has 1 fully saturated rings. The number of terminal acetylenes is 1. The third-order valence-electron chi connectivity index (χ3n) is 5.08. The summed E-state index contributed by atoms with van der Waals surface area (Å²) in [5, 5.41) is -0.304. The molecule has 0 bridgehead atoms. The number of hydrogen-bond acceptors (Lipinski definition) is 4. The Balaban J connectivity index is 1.94. The number of imide groups is 1. The number of amides is 2. The van der Waals surface area contributed by atoms with E-state index in [9.17, 15) is 9.59 Å². The standard InChI is InChI=1S/C20H22N2O2S/c1-6-9-22-18(23)17(25-19(22)24)11-14-7-8-16-15(10-14)13(2)12-20(3,4)21(16)5/h1,7-8,10-11,13H,9,12H2,2-5H3/b17-11-. The van der Waals surface area contributed by atoms with Gasteiger partial charge in [-0.25, -0.2) is 0 Å². The molecule has 1 unspecified atom stereocenters. The summed E-state index contributed by atoms with van der Waals surface area (Å²) in [4.78, 5) is 28.1. The SMILES string of the molecule is C#CCN1C(=O)S/C(=C\c2ccc3c(c2)C(C)CC(C)(C)N3C)C1=O. The lowest BCUT2D eigenvalue weighted by Crippen LogP contribution is -2.45. The van der Waals surface area contributed by atoms with Gasteiger partial charge in [-0.2, -0.15) is 0 Å². The average molecular weight is 354 g/mol. The smallest absolute Gasteiger partial charge is 0.294 e. The van der Waals surface area contributed by atoms with Crippen molar-refractivity contribution >= 4 is 34.7 Å². The van der Waals surface area contributed by atoms with Crippen molar-refractivity contribution in [1.82, 2.24) is 4.90 Å². The molecule has 0 aliphatic carbocycles. The molecule has 0 radical (unpaired) electrons. The van der Waals surface area contributed by atoms with E-state index in [0.29, 0.717) is 10.8 Å². The summed E-state index contributed by atoms with van der Waals surface area (Å²) >= 11 is 0.948. The lowest BCUT2D eigenvalue weighted by atomic mass is 9.80. The number of nitrogens with zero attached hydrogens (tertiary/aromatic N) is 2. The summed E-state index contributed by atoms with van der Waals surface area (Å²) in [6.07, 6.45) is 8.08. The Hall–Kier alpha value is -2.19. The van der Waals surface area contributed by atoms with Crippen molar-refractivity contribution in [3.63, 3.8) is 0 Å². The fourth-order valence-electron chi connectivity index (χ4n) is 3.56. The first-order valence-electron chi connectivity index (χ1n) is 8.31. The highest BCUT2D eigenvalue weighted by atomic mass is 32.2. The maximum Gasteiger partial charge on any atom is 0.294 e. The average Bonchev–Trinajstić information content (AvgIpc) is 2.80. The third-order valence-corrected chi connectivity index (χ3v) is 5.99. The van der Waals surface area contributed by atoms with Gasteiger partial charge in [0.15, 0.2) is 0 Å². The van der Waals surface area contributed by atoms with Crippen molar-refractivity contribution < 1.29 is 9.59 Å². The molecule has 2 aliphatic rings. The van der Waals surface area contributed by atoms with Gasteiger partial charge in [0.2, 0.25) is 0 Å². The van der Waals surface area contributed by atoms with Gasteiger partial charge in [0.1, 0.15) is 0 Å². The molecule has 1 atom stereocenters. The van der Waals surface area contributed by atoms with E-state index >= 15 is 0 Å². The fourth-order valence-corrected chi connectivity index (χ4v) is 4.40. The number of carbonyl (C=O) groups is 2. The second kappa shape index (κ2) is 6.27. The van der Waals surface area contributed by atoms with E-state index in [1.54, 1.807) is 6.08 Å². The topological polar surface area (TPSA) is 40.6 Å². The van der Waals surface area contributed by atoms with Gasteiger partial charge >= 0.3 is 0 Å². The molecule has 0 spiro atoms. The Morgan fingerprint density at radius 3 is 2.80 bits per heavy atom. The van der Waals surface area contributed by atoms with Gasteiger partial charge in [0, 0.05) is 18.3 Å². The van der Waals surface area contributed by atoms with Gasteiger partial charge in [-0.05, 0) is 67.3 Å². The zero-order valence-corrected chi connectivity index (χ0v) is 15.8. The first-order valence-corrected chi connectivity index (χ1v) is 9.13. The summed E-state index contributed by atoms with van der Waals surface area (Å²) in [7, 11) is 2.12. The molecule has 2 heterocycles. The van der Waals surface area contributed by atoms with E-state index in [1.807, 2.05) is 6.07 Å². The van der Waals surface area contributed by atoms with Crippen molar-refractivity contribution in [2.75, 3.05) is 18.5 Å². The number of fused-ring (bicyclic) bond motifs is 1. The summed E-state index contributed by atoms with van der Waals surface area (Å²) in [6, 6.07) is 6.23. The number of anilines is 1. The second-order valence-electron chi connectivity index (χ2n) is 7.27. The Labute approximate surface area is 153 Å². The van der Waals surface area contributed by atoms with E-state index in [-0.39, 0.29) is 23.2 Å². The molecular formula is C20H22N2O2S. The van der Waals surface area contributed by atoms with Crippen LogP contribution in [-0.4, -0.2) is 35.2 Å². The molecule has 1 aromatic rings. The first-order chi connectivity index (χ1) is 11.7. The summed E-state index contributed by atoms with van der Waals surface area (Å²) < 4.78 is 0. The quantitative estimate of drug-likeness (QED) is 0.593. The maximum atomic E-state index is 12.3. The number of hydrogen-bond donors (Lipinski definition) is 0. The van der Waals surface area contributed by atoms with Crippen LogP contribution < -0.4 is 4.90 Å². The minimum absolute atomic E-state index is 0.0170. The van der Waals surface area contributed by atoms with Crippen LogP contribution in [0.1, 0.15) is 44.2 Å². The molecule has 1 aromatic carbocycles. The monoisotopic (exact) mass is 354 g/mol. The van der Waals surface area contributed by atoms with Gasteiger partial charge in [0.05, 0.1) is 11.4 Å². The van der Waals surface area contributed by atoms with Crippen molar-refractivity contribution in [3.05, 3.63) is 34.2 Å². The van der Waals surface area contributed by atoms with Gasteiger partial charge in [-0.3, -0.25) is 14.5 Å². The zero-order valence-electron chi connectivity index (χ0n) is 15.0. The van der Waals surface area contributed by atoms with Gasteiger partial charge in [-0.15, -0.1) is 6.42 Å². The molecule has 25 heavy (non-hydrogen) atoms. The van der Waals surface area contributed by atoms with Gasteiger partial charge in [0.25, 0.3) is 11.1 Å². The number of thioether (sulfide) groups is 1. The Kier molecular flexibility index (Phi) is 4.42. The normalized spacial score (nSPS) is 23.8. The molecule has 2 aliphatic heterocycles. The van der Waals surface area contributed by atoms with Crippen LogP contribution in [0.15, 0.2) is 23.1 Å². The number of benzene rings is 1. The molecule has 2 amide bonds. The molecule has 3 rings (SSSR count). The molecule has 1 saturated heterocycles. The third kappa shape index (κ3) is 3.07. The van der Waals surface area contributed by atoms with Crippen LogP contribution in [0, 0.1) is 12.3 Å². The molecule has 5 heteroatoms. The van der Waals surface area contributed by atoms with Crippen LogP contribution in [0.25, 0.3) is 6.08 Å². The van der Waals surface area contributed by atoms with Crippen LogP contribution >= 0.6 is 11.8 Å². The van der Waals surface area contributed by atoms with Crippen LogP contribution in [0.3, 0.4) is 0 Å². The predicted molar refractivity (Wildman–Crippen MR) is 103 cm³/mol. The molecule has 0 N–H and O–H groups in total. The predicted octanol–water partition coefficient (Wildman–Crippen LogP) is 4.08. The molecule has 130 valence electrons. The molecule has 0 aromatic heterocycles. The van der Waals surface area contributed by atoms with Crippen LogP contribution in [0.2, 0.25) is 0 Å². The highest BCUT2D eigenvalue weighted by Crippen LogP contribution is 2.43. The Morgan fingerprint density at radius 2 is 2.12 bits per heavy atom. The zero-order chi connectivity index (χ0) is 18.4. The van der Waals surface area contributed by atoms with Crippen LogP contribution in [0.4, 0.5) is 10.5 Å². The largest absolute Gasteiger partial charge is 0.369 e. The highest BCUT2D eigenvalue weighted by Gasteiger charge is 2.35. The van der Waals surface area contributed by atoms with E-state index in [2.05, 4.69) is 50.8 Å². The maximum absolute atomic E-state index is 12.3. The van der Waals surface area contributed by atoms with Gasteiger partial charge in [-0.1, -0.05) is 18.9 Å². The molecule has 0 saturated carbocycles. The van der Waals surface area contributed by atoms with Crippen molar-refractivity contribution in [2.24, 2.45) is 0 Å². The van der Waals surface area contributed by atoms with Crippen LogP contribution in [0.5, 0.6) is 0 Å². The molecular weight excluding hydrogens is 332 g/mol. The van der Waals surface area contributed by atoms with E-state index < -0.39 is 0 Å². The summed E-state index contributed by atoms with van der Waals surface area (Å²) in [5.74, 6) is 2.48. The first kappa shape index (κ1) is 17.6. The lowest BCUT2D eigenvalue weighted by molar-refractivity contribution is -0.122. The highest BCUT2D eigenvalue weighted by molar-refractivity contribution is 8.18. The van der Waals surface area contributed by atoms with Crippen molar-refractivity contribution in [2.45, 2.75) is 38.6 Å². The van der Waals surface area contributed by atoms with E-state index in [0.717, 1.165) is 28.6 Å². The number of carbonyl (C=O) groups excluding carboxylic acids is 2. The Morgan fingerprint density at radius 1 is 1.40 bits per heavy atom. The Bertz CT molecular complexity index is 819. The fraction of sp³-hybridized carbons (Fsp3) is 0.400. The second-order valence-corrected chi connectivity index (χ2v) is 8.26. The summed E-state index contributed by atoms with van der Waals surface area (Å²) in [5.41, 5.74) is 3.55. The van der Waals surface area contributed by atoms with E-state index in [4.69, 9.17) is 6.42 Å². The lowest BCUT2D eigenvalue weighted by Gasteiger charge is -2.45. The molecule has 4 nitrogen and oxygen atoms in total.